The summed E-state index contributed by atoms with van der Waals surface area (Å²) >= 11 is 0. The quantitative estimate of drug-likeness (QED) is 0.492. The molecular formula is C24H21FO6S. The molecule has 1 aliphatic rings. The molecular weight excluding hydrogens is 435 g/mol. The van der Waals surface area contributed by atoms with Gasteiger partial charge in [-0.05, 0) is 24.3 Å². The smallest absolute Gasteiger partial charge is 0.307 e. The number of esters is 1. The van der Waals surface area contributed by atoms with Gasteiger partial charge >= 0.3 is 5.97 Å². The molecule has 32 heavy (non-hydrogen) atoms. The summed E-state index contributed by atoms with van der Waals surface area (Å²) in [5, 5.41) is 0. The number of benzene rings is 3. The van der Waals surface area contributed by atoms with E-state index in [1.165, 1.54) is 24.3 Å². The highest BCUT2D eigenvalue weighted by molar-refractivity contribution is 7.91. The van der Waals surface area contributed by atoms with Crippen LogP contribution in [-0.2, 0) is 37.3 Å². The molecule has 0 fully saturated rings. The Bertz CT molecular complexity index is 1200. The van der Waals surface area contributed by atoms with Gasteiger partial charge in [-0.2, -0.15) is 0 Å². The second kappa shape index (κ2) is 9.50. The number of carbonyl (C=O) groups is 1. The van der Waals surface area contributed by atoms with E-state index in [2.05, 4.69) is 0 Å². The maximum Gasteiger partial charge on any atom is 0.307 e. The van der Waals surface area contributed by atoms with Crippen molar-refractivity contribution < 1.29 is 31.8 Å². The molecule has 0 unspecified atom stereocenters. The molecule has 1 atom stereocenters. The number of ether oxygens (including phenoxy) is 3. The number of hydrogen-bond donors (Lipinski definition) is 0. The highest BCUT2D eigenvalue weighted by Gasteiger charge is 2.26. The lowest BCUT2D eigenvalue weighted by Gasteiger charge is -2.28. The molecule has 166 valence electrons. The number of rotatable bonds is 7. The van der Waals surface area contributed by atoms with Crippen LogP contribution in [-0.4, -0.2) is 20.1 Å². The van der Waals surface area contributed by atoms with E-state index >= 15 is 0 Å². The van der Waals surface area contributed by atoms with Crippen molar-refractivity contribution >= 4 is 15.8 Å². The predicted molar refractivity (Wildman–Crippen MR) is 114 cm³/mol. The van der Waals surface area contributed by atoms with Gasteiger partial charge in [-0.1, -0.05) is 48.5 Å². The van der Waals surface area contributed by atoms with E-state index in [1.54, 1.807) is 18.2 Å². The second-order valence-corrected chi connectivity index (χ2v) is 9.38. The van der Waals surface area contributed by atoms with Gasteiger partial charge in [0, 0.05) is 16.7 Å². The Morgan fingerprint density at radius 1 is 1.03 bits per heavy atom. The fourth-order valence-corrected chi connectivity index (χ4v) is 4.60. The second-order valence-electron chi connectivity index (χ2n) is 7.27. The standard InChI is InChI=1S/C24H21FO6S/c25-20-13-18(15-29-22(26)11-12-32(27,28)21-9-5-2-6-10-21)23-19(14-20)16-30-24(31-23)17-7-3-1-4-8-17/h1-10,13-14,24H,11-12,15-16H2/t24-/m1/s1. The molecule has 8 heteroatoms. The summed E-state index contributed by atoms with van der Waals surface area (Å²) in [6, 6.07) is 19.7. The SMILES string of the molecule is O=C(CCS(=O)(=O)c1ccccc1)OCc1cc(F)cc2c1O[C@H](c1ccccc1)OC2. The predicted octanol–water partition coefficient (Wildman–Crippen LogP) is 4.34. The van der Waals surface area contributed by atoms with Gasteiger partial charge in [0.05, 0.1) is 23.7 Å². The van der Waals surface area contributed by atoms with Crippen molar-refractivity contribution in [3.63, 3.8) is 0 Å². The minimum Gasteiger partial charge on any atom is -0.461 e. The van der Waals surface area contributed by atoms with Gasteiger partial charge in [0.2, 0.25) is 6.29 Å². The Morgan fingerprint density at radius 3 is 2.44 bits per heavy atom. The van der Waals surface area contributed by atoms with Gasteiger partial charge in [0.1, 0.15) is 18.2 Å². The summed E-state index contributed by atoms with van der Waals surface area (Å²) in [5.41, 5.74) is 1.66. The number of carbonyl (C=O) groups excluding carboxylic acids is 1. The maximum atomic E-state index is 14.1. The van der Waals surface area contributed by atoms with Gasteiger partial charge in [0.15, 0.2) is 9.84 Å². The minimum atomic E-state index is -3.60. The van der Waals surface area contributed by atoms with Crippen molar-refractivity contribution in [2.75, 3.05) is 5.75 Å². The normalized spacial score (nSPS) is 15.5. The Kier molecular flexibility index (Phi) is 6.53. The van der Waals surface area contributed by atoms with Crippen molar-refractivity contribution in [3.8, 4) is 5.75 Å². The molecule has 0 N–H and O–H groups in total. The fraction of sp³-hybridized carbons (Fsp3) is 0.208. The molecule has 0 spiro atoms. The molecule has 0 aromatic heterocycles. The highest BCUT2D eigenvalue weighted by Crippen LogP contribution is 2.36. The topological polar surface area (TPSA) is 78.9 Å². The number of sulfone groups is 1. The van der Waals surface area contributed by atoms with Crippen LogP contribution in [0.1, 0.15) is 29.4 Å². The van der Waals surface area contributed by atoms with Crippen LogP contribution in [0.5, 0.6) is 5.75 Å². The van der Waals surface area contributed by atoms with Crippen LogP contribution >= 0.6 is 0 Å². The third kappa shape index (κ3) is 5.15. The highest BCUT2D eigenvalue weighted by atomic mass is 32.2. The van der Waals surface area contributed by atoms with Crippen LogP contribution in [0.3, 0.4) is 0 Å². The largest absolute Gasteiger partial charge is 0.461 e. The zero-order valence-corrected chi connectivity index (χ0v) is 17.9. The van der Waals surface area contributed by atoms with Gasteiger partial charge in [0.25, 0.3) is 0 Å². The van der Waals surface area contributed by atoms with E-state index in [9.17, 15) is 17.6 Å². The lowest BCUT2D eigenvalue weighted by atomic mass is 10.1. The Morgan fingerprint density at radius 2 is 1.72 bits per heavy atom. The van der Waals surface area contributed by atoms with Crippen molar-refractivity contribution in [2.45, 2.75) is 30.8 Å². The van der Waals surface area contributed by atoms with Crippen LogP contribution in [0.25, 0.3) is 0 Å². The fourth-order valence-electron chi connectivity index (χ4n) is 3.35. The molecule has 3 aromatic rings. The molecule has 1 aliphatic heterocycles. The molecule has 0 saturated carbocycles. The summed E-state index contributed by atoms with van der Waals surface area (Å²) in [6.07, 6.45) is -0.981. The number of hydrogen-bond acceptors (Lipinski definition) is 6. The summed E-state index contributed by atoms with van der Waals surface area (Å²) in [5.74, 6) is -1.19. The van der Waals surface area contributed by atoms with E-state index in [1.807, 2.05) is 30.3 Å². The van der Waals surface area contributed by atoms with Gasteiger partial charge in [-0.25, -0.2) is 12.8 Å². The van der Waals surface area contributed by atoms with Gasteiger partial charge < -0.3 is 14.2 Å². The van der Waals surface area contributed by atoms with Crippen molar-refractivity contribution in [2.24, 2.45) is 0 Å². The first kappa shape index (κ1) is 22.0. The van der Waals surface area contributed by atoms with E-state index in [4.69, 9.17) is 14.2 Å². The van der Waals surface area contributed by atoms with E-state index < -0.39 is 27.9 Å². The lowest BCUT2D eigenvalue weighted by molar-refractivity contribution is -0.144. The van der Waals surface area contributed by atoms with Gasteiger partial charge in [-0.3, -0.25) is 4.79 Å². The van der Waals surface area contributed by atoms with Crippen LogP contribution < -0.4 is 4.74 Å². The Labute approximate surface area is 185 Å². The van der Waals surface area contributed by atoms with Crippen LogP contribution in [0.15, 0.2) is 77.7 Å². The molecule has 0 bridgehead atoms. The van der Waals surface area contributed by atoms with Crippen molar-refractivity contribution in [1.82, 2.24) is 0 Å². The average molecular weight is 456 g/mol. The van der Waals surface area contributed by atoms with Crippen molar-refractivity contribution in [1.29, 1.82) is 0 Å². The van der Waals surface area contributed by atoms with Gasteiger partial charge in [-0.15, -0.1) is 0 Å². The monoisotopic (exact) mass is 456 g/mol. The summed E-state index contributed by atoms with van der Waals surface area (Å²) < 4.78 is 55.6. The summed E-state index contributed by atoms with van der Waals surface area (Å²) in [4.78, 5) is 12.3. The lowest BCUT2D eigenvalue weighted by Crippen LogP contribution is -2.20. The zero-order valence-electron chi connectivity index (χ0n) is 17.1. The molecule has 3 aromatic carbocycles. The molecule has 0 radical (unpaired) electrons. The maximum absolute atomic E-state index is 14.1. The van der Waals surface area contributed by atoms with E-state index in [0.717, 1.165) is 5.56 Å². The first-order valence-electron chi connectivity index (χ1n) is 10.0. The zero-order chi connectivity index (χ0) is 22.6. The average Bonchev–Trinajstić information content (AvgIpc) is 2.82. The van der Waals surface area contributed by atoms with E-state index in [-0.39, 0.29) is 30.3 Å². The van der Waals surface area contributed by atoms with E-state index in [0.29, 0.717) is 16.9 Å². The first-order chi connectivity index (χ1) is 15.4. The molecule has 0 saturated heterocycles. The van der Waals surface area contributed by atoms with Crippen LogP contribution in [0.2, 0.25) is 0 Å². The number of halogens is 1. The van der Waals surface area contributed by atoms with Crippen LogP contribution in [0, 0.1) is 5.82 Å². The van der Waals surface area contributed by atoms with Crippen LogP contribution in [0.4, 0.5) is 4.39 Å². The number of fused-ring (bicyclic) bond motifs is 1. The Hall–Kier alpha value is -3.23. The molecule has 0 aliphatic carbocycles. The third-order valence-corrected chi connectivity index (χ3v) is 6.69. The third-order valence-electron chi connectivity index (χ3n) is 4.96. The molecule has 6 nitrogen and oxygen atoms in total. The first-order valence-corrected chi connectivity index (χ1v) is 11.7. The summed E-state index contributed by atoms with van der Waals surface area (Å²) in [7, 11) is -3.60. The molecule has 0 amide bonds. The molecule has 1 heterocycles. The summed E-state index contributed by atoms with van der Waals surface area (Å²) in [6.45, 7) is -0.102. The van der Waals surface area contributed by atoms with Crippen molar-refractivity contribution in [3.05, 3.63) is 95.3 Å². The molecule has 4 rings (SSSR count). The Balaban J connectivity index is 1.41. The minimum absolute atomic E-state index is 0.142.